The molecular weight excluding hydrogens is 458 g/mol. The highest BCUT2D eigenvalue weighted by Crippen LogP contribution is 2.23. The number of H-pyrrole nitrogens is 1. The summed E-state index contributed by atoms with van der Waals surface area (Å²) in [6, 6.07) is 13.1. The number of aryl methyl sites for hydroxylation is 1. The zero-order valence-electron chi connectivity index (χ0n) is 20.4. The van der Waals surface area contributed by atoms with Crippen LogP contribution in [0.15, 0.2) is 53.5 Å². The summed E-state index contributed by atoms with van der Waals surface area (Å²) in [5.74, 6) is -0.194. The third-order valence-electron chi connectivity index (χ3n) is 6.75. The molecule has 0 saturated carbocycles. The molecule has 1 fully saturated rings. The van der Waals surface area contributed by atoms with Crippen LogP contribution >= 0.6 is 0 Å². The third kappa shape index (κ3) is 4.44. The Morgan fingerprint density at radius 2 is 1.83 bits per heavy atom. The van der Waals surface area contributed by atoms with Gasteiger partial charge in [-0.15, -0.1) is 0 Å². The largest absolute Gasteiger partial charge is 0.450 e. The van der Waals surface area contributed by atoms with E-state index in [1.807, 2.05) is 24.3 Å². The lowest BCUT2D eigenvalue weighted by Gasteiger charge is -2.31. The molecule has 0 unspecified atom stereocenters. The average molecular weight is 488 g/mol. The first-order chi connectivity index (χ1) is 17.5. The van der Waals surface area contributed by atoms with Gasteiger partial charge in [0.1, 0.15) is 0 Å². The lowest BCUT2D eigenvalue weighted by atomic mass is 10.0. The van der Waals surface area contributed by atoms with Gasteiger partial charge in [0, 0.05) is 36.3 Å². The van der Waals surface area contributed by atoms with Gasteiger partial charge < -0.3 is 15.0 Å². The molecule has 0 radical (unpaired) electrons. The van der Waals surface area contributed by atoms with E-state index < -0.39 is 0 Å². The van der Waals surface area contributed by atoms with Crippen LogP contribution in [0.25, 0.3) is 27.5 Å². The van der Waals surface area contributed by atoms with Crippen LogP contribution in [0.3, 0.4) is 0 Å². The summed E-state index contributed by atoms with van der Waals surface area (Å²) in [7, 11) is 0. The van der Waals surface area contributed by atoms with E-state index in [1.54, 1.807) is 36.2 Å². The van der Waals surface area contributed by atoms with E-state index in [2.05, 4.69) is 22.3 Å². The van der Waals surface area contributed by atoms with Crippen molar-refractivity contribution < 1.29 is 14.3 Å². The number of aromatic nitrogens is 3. The monoisotopic (exact) mass is 487 g/mol. The Labute approximate surface area is 208 Å². The van der Waals surface area contributed by atoms with Gasteiger partial charge in [0.15, 0.2) is 0 Å². The quantitative estimate of drug-likeness (QED) is 0.445. The van der Waals surface area contributed by atoms with Crippen molar-refractivity contribution in [3.63, 3.8) is 0 Å². The Balaban J connectivity index is 1.39. The van der Waals surface area contributed by atoms with E-state index in [9.17, 15) is 14.4 Å². The average Bonchev–Trinajstić information content (AvgIpc) is 3.25. The maximum Gasteiger partial charge on any atom is 0.409 e. The molecule has 1 aliphatic heterocycles. The highest BCUT2D eigenvalue weighted by atomic mass is 16.6. The summed E-state index contributed by atoms with van der Waals surface area (Å²) in [5, 5.41) is 7.47. The first kappa shape index (κ1) is 23.6. The van der Waals surface area contributed by atoms with Crippen LogP contribution < -0.4 is 10.9 Å². The molecule has 186 valence electrons. The van der Waals surface area contributed by atoms with E-state index in [-0.39, 0.29) is 23.6 Å². The highest BCUT2D eigenvalue weighted by molar-refractivity contribution is 6.06. The molecule has 4 aromatic rings. The number of carbonyl (C=O) groups excluding carboxylic acids is 2. The van der Waals surface area contributed by atoms with Gasteiger partial charge in [0.2, 0.25) is 0 Å². The molecule has 0 spiro atoms. The number of hydrogen-bond donors (Lipinski definition) is 2. The van der Waals surface area contributed by atoms with E-state index in [1.165, 1.54) is 10.2 Å². The molecular formula is C27H29N5O4. The molecule has 5 rings (SSSR count). The Bertz CT molecular complexity index is 1480. The maximum atomic E-state index is 13.1. The molecule has 9 heteroatoms. The number of aromatic amines is 1. The SMILES string of the molecule is CCOC(=O)N1CCC(NC(=O)c2ccc3ncc4c(=O)n(-c5ccc(CC)cc5)[nH]c4c3c2)CC1. The number of hydrogen-bond acceptors (Lipinski definition) is 5. The molecule has 2 N–H and O–H groups in total. The lowest BCUT2D eigenvalue weighted by molar-refractivity contribution is 0.0860. The van der Waals surface area contributed by atoms with Crippen molar-refractivity contribution in [2.24, 2.45) is 0 Å². The number of amides is 2. The predicted molar refractivity (Wildman–Crippen MR) is 138 cm³/mol. The molecule has 0 aliphatic carbocycles. The van der Waals surface area contributed by atoms with E-state index in [4.69, 9.17) is 4.74 Å². The van der Waals surface area contributed by atoms with Gasteiger partial charge in [-0.3, -0.25) is 19.7 Å². The highest BCUT2D eigenvalue weighted by Gasteiger charge is 2.25. The van der Waals surface area contributed by atoms with Gasteiger partial charge in [-0.1, -0.05) is 19.1 Å². The molecule has 0 bridgehead atoms. The van der Waals surface area contributed by atoms with Crippen LogP contribution in [0.2, 0.25) is 0 Å². The number of rotatable bonds is 5. The van der Waals surface area contributed by atoms with Gasteiger partial charge in [-0.05, 0) is 62.1 Å². The Morgan fingerprint density at radius 3 is 2.53 bits per heavy atom. The fourth-order valence-corrected chi connectivity index (χ4v) is 4.65. The molecule has 3 heterocycles. The van der Waals surface area contributed by atoms with Crippen molar-refractivity contribution in [1.29, 1.82) is 0 Å². The van der Waals surface area contributed by atoms with Crippen molar-refractivity contribution in [2.45, 2.75) is 39.2 Å². The van der Waals surface area contributed by atoms with Gasteiger partial charge >= 0.3 is 6.09 Å². The van der Waals surface area contributed by atoms with Gasteiger partial charge in [-0.25, -0.2) is 9.48 Å². The summed E-state index contributed by atoms with van der Waals surface area (Å²) < 4.78 is 6.57. The van der Waals surface area contributed by atoms with Crippen molar-refractivity contribution >= 4 is 33.8 Å². The van der Waals surface area contributed by atoms with Crippen LogP contribution in [0, 0.1) is 0 Å². The van der Waals surface area contributed by atoms with Crippen LogP contribution in [0.4, 0.5) is 4.79 Å². The molecule has 0 atom stereocenters. The summed E-state index contributed by atoms with van der Waals surface area (Å²) in [6.45, 7) is 5.30. The van der Waals surface area contributed by atoms with E-state index in [0.29, 0.717) is 59.9 Å². The fourth-order valence-electron chi connectivity index (χ4n) is 4.65. The molecule has 2 amide bonds. The second-order valence-corrected chi connectivity index (χ2v) is 8.98. The van der Waals surface area contributed by atoms with Crippen molar-refractivity contribution in [3.8, 4) is 5.69 Å². The molecule has 2 aromatic carbocycles. The fraction of sp³-hybridized carbons (Fsp3) is 0.333. The number of ether oxygens (including phenoxy) is 1. The second-order valence-electron chi connectivity index (χ2n) is 8.98. The number of nitrogens with zero attached hydrogens (tertiary/aromatic N) is 3. The van der Waals surface area contributed by atoms with Crippen molar-refractivity contribution in [1.82, 2.24) is 25.0 Å². The standard InChI is InChI=1S/C27H29N5O4/c1-3-17-5-8-20(9-6-17)32-26(34)22-16-28-23-10-7-18(15-21(23)24(22)30-32)25(33)29-19-11-13-31(14-12-19)27(35)36-4-2/h5-10,15-16,19,30H,3-4,11-14H2,1-2H3,(H,29,33). The molecule has 1 aliphatic rings. The zero-order chi connectivity index (χ0) is 25.2. The third-order valence-corrected chi connectivity index (χ3v) is 6.75. The minimum absolute atomic E-state index is 0.0280. The number of piperidine rings is 1. The summed E-state index contributed by atoms with van der Waals surface area (Å²) in [6.07, 6.45) is 3.51. The van der Waals surface area contributed by atoms with Crippen molar-refractivity contribution in [3.05, 3.63) is 70.1 Å². The van der Waals surface area contributed by atoms with Crippen LogP contribution in [-0.4, -0.2) is 57.4 Å². The van der Waals surface area contributed by atoms with E-state index in [0.717, 1.165) is 12.1 Å². The van der Waals surface area contributed by atoms with Crippen LogP contribution in [0.1, 0.15) is 42.6 Å². The summed E-state index contributed by atoms with van der Waals surface area (Å²) in [5.41, 5.74) is 3.57. The zero-order valence-corrected chi connectivity index (χ0v) is 20.4. The normalized spacial score (nSPS) is 14.3. The molecule has 36 heavy (non-hydrogen) atoms. The van der Waals surface area contributed by atoms with Crippen LogP contribution in [-0.2, 0) is 11.2 Å². The van der Waals surface area contributed by atoms with Crippen LogP contribution in [0.5, 0.6) is 0 Å². The summed E-state index contributed by atoms with van der Waals surface area (Å²) >= 11 is 0. The summed E-state index contributed by atoms with van der Waals surface area (Å²) in [4.78, 5) is 44.2. The van der Waals surface area contributed by atoms with Gasteiger partial charge in [0.25, 0.3) is 11.5 Å². The number of pyridine rings is 1. The van der Waals surface area contributed by atoms with Gasteiger partial charge in [-0.2, -0.15) is 0 Å². The number of nitrogens with one attached hydrogen (secondary N) is 2. The Hall–Kier alpha value is -4.14. The predicted octanol–water partition coefficient (Wildman–Crippen LogP) is 3.78. The molecule has 9 nitrogen and oxygen atoms in total. The Kier molecular flexibility index (Phi) is 6.45. The minimum Gasteiger partial charge on any atom is -0.450 e. The number of fused-ring (bicyclic) bond motifs is 3. The second kappa shape index (κ2) is 9.85. The number of likely N-dealkylation sites (tertiary alicyclic amines) is 1. The minimum atomic E-state index is -0.310. The van der Waals surface area contributed by atoms with E-state index >= 15 is 0 Å². The van der Waals surface area contributed by atoms with Gasteiger partial charge in [0.05, 0.1) is 28.7 Å². The molecule has 1 saturated heterocycles. The van der Waals surface area contributed by atoms with Crippen molar-refractivity contribution in [2.75, 3.05) is 19.7 Å². The molecule has 2 aromatic heterocycles. The topological polar surface area (TPSA) is 109 Å². The first-order valence-electron chi connectivity index (χ1n) is 12.3. The number of carbonyl (C=O) groups is 2. The number of benzene rings is 2. The first-order valence-corrected chi connectivity index (χ1v) is 12.3. The maximum absolute atomic E-state index is 13.1. The Morgan fingerprint density at radius 1 is 1.08 bits per heavy atom. The lowest BCUT2D eigenvalue weighted by Crippen LogP contribution is -2.46. The smallest absolute Gasteiger partial charge is 0.409 e.